The molecule has 2 N–H and O–H groups in total. The molecule has 0 aromatic rings. The van der Waals surface area contributed by atoms with Crippen molar-refractivity contribution in [3.63, 3.8) is 0 Å². The Morgan fingerprint density at radius 2 is 2.04 bits per heavy atom. The highest BCUT2D eigenvalue weighted by atomic mass is 16.6. The summed E-state index contributed by atoms with van der Waals surface area (Å²) in [6, 6.07) is -0.799. The summed E-state index contributed by atoms with van der Waals surface area (Å²) in [6.07, 6.45) is 2.85. The first kappa shape index (κ1) is 19.9. The molecule has 0 aromatic heterocycles. The van der Waals surface area contributed by atoms with Gasteiger partial charge in [0.05, 0.1) is 6.61 Å². The van der Waals surface area contributed by atoms with E-state index in [0.29, 0.717) is 26.1 Å². The Morgan fingerprint density at radius 1 is 1.30 bits per heavy atom. The number of fused-ring (bicyclic) bond motifs is 4. The second-order valence-electron chi connectivity index (χ2n) is 8.99. The summed E-state index contributed by atoms with van der Waals surface area (Å²) < 4.78 is 5.19. The largest absolute Gasteiger partial charge is 0.444 e. The first-order chi connectivity index (χ1) is 12.7. The molecule has 0 saturated carbocycles. The number of likely N-dealkylation sites (tertiary alicyclic amines) is 1. The number of ether oxygens (including phenoxy) is 1. The summed E-state index contributed by atoms with van der Waals surface area (Å²) in [7, 11) is 0. The lowest BCUT2D eigenvalue weighted by atomic mass is 9.76. The van der Waals surface area contributed by atoms with Gasteiger partial charge in [-0.3, -0.25) is 9.59 Å². The lowest BCUT2D eigenvalue weighted by Crippen LogP contribution is -2.63. The van der Waals surface area contributed by atoms with E-state index in [1.807, 2.05) is 4.90 Å². The minimum atomic E-state index is -1.01. The molecular weight excluding hydrogens is 350 g/mol. The summed E-state index contributed by atoms with van der Waals surface area (Å²) in [4.78, 5) is 40.9. The molecule has 8 nitrogen and oxygen atoms in total. The standard InChI is InChI=1S/C19H31N3O5/c1-19(2,3)27-18(26)20-14(11-23)17(25)21-8-12-7-13(10-21)15-5-4-6-16(24)22(15)9-12/h12-15,23H,4-11H2,1-3H3,(H,20,26)/t12-,13-,14-,15-/m0/s1. The van der Waals surface area contributed by atoms with Crippen LogP contribution in [0.3, 0.4) is 0 Å². The molecule has 2 bridgehead atoms. The van der Waals surface area contributed by atoms with Crippen molar-refractivity contribution >= 4 is 17.9 Å². The quantitative estimate of drug-likeness (QED) is 0.751. The van der Waals surface area contributed by atoms with Gasteiger partial charge in [-0.1, -0.05) is 0 Å². The van der Waals surface area contributed by atoms with E-state index in [9.17, 15) is 19.5 Å². The van der Waals surface area contributed by atoms with Gasteiger partial charge in [0.25, 0.3) is 0 Å². The molecule has 3 fully saturated rings. The van der Waals surface area contributed by atoms with E-state index in [1.165, 1.54) is 0 Å². The number of carbonyl (C=O) groups is 3. The Kier molecular flexibility index (Phi) is 5.65. The Labute approximate surface area is 160 Å². The molecule has 3 heterocycles. The predicted molar refractivity (Wildman–Crippen MR) is 97.8 cm³/mol. The molecule has 152 valence electrons. The lowest BCUT2D eigenvalue weighted by molar-refractivity contribution is -0.149. The number of hydrogen-bond acceptors (Lipinski definition) is 5. The number of nitrogens with one attached hydrogen (secondary N) is 1. The molecule has 0 spiro atoms. The van der Waals surface area contributed by atoms with E-state index in [4.69, 9.17) is 4.74 Å². The average molecular weight is 381 g/mol. The van der Waals surface area contributed by atoms with Gasteiger partial charge in [-0.15, -0.1) is 0 Å². The van der Waals surface area contributed by atoms with Gasteiger partial charge in [-0.05, 0) is 51.9 Å². The molecule has 0 aliphatic carbocycles. The van der Waals surface area contributed by atoms with Gasteiger partial charge in [-0.25, -0.2) is 4.79 Å². The molecule has 3 amide bonds. The zero-order valence-electron chi connectivity index (χ0n) is 16.4. The van der Waals surface area contributed by atoms with Crippen LogP contribution < -0.4 is 5.32 Å². The molecule has 3 rings (SSSR count). The van der Waals surface area contributed by atoms with Crippen molar-refractivity contribution in [3.05, 3.63) is 0 Å². The van der Waals surface area contributed by atoms with Gasteiger partial charge in [0.15, 0.2) is 0 Å². The Hall–Kier alpha value is -1.83. The third-order valence-corrected chi connectivity index (χ3v) is 5.66. The van der Waals surface area contributed by atoms with Gasteiger partial charge in [0.1, 0.15) is 11.6 Å². The highest BCUT2D eigenvalue weighted by Gasteiger charge is 2.45. The van der Waals surface area contributed by atoms with Gasteiger partial charge in [-0.2, -0.15) is 0 Å². The Morgan fingerprint density at radius 3 is 2.70 bits per heavy atom. The molecule has 0 unspecified atom stereocenters. The zero-order valence-corrected chi connectivity index (χ0v) is 16.4. The van der Waals surface area contributed by atoms with Crippen LogP contribution in [0.4, 0.5) is 4.79 Å². The SMILES string of the molecule is CC(C)(C)OC(=O)N[C@@H](CO)C(=O)N1C[C@@H]2C[C@@H](C1)[C@@H]1CCCC(=O)N1C2. The zero-order chi connectivity index (χ0) is 19.8. The number of aliphatic hydroxyl groups excluding tert-OH is 1. The maximum absolute atomic E-state index is 12.9. The molecule has 27 heavy (non-hydrogen) atoms. The number of aliphatic hydroxyl groups is 1. The van der Waals surface area contributed by atoms with Gasteiger partial charge >= 0.3 is 6.09 Å². The molecule has 3 saturated heterocycles. The third-order valence-electron chi connectivity index (χ3n) is 5.66. The molecule has 3 aliphatic heterocycles. The van der Waals surface area contributed by atoms with E-state index in [1.54, 1.807) is 25.7 Å². The molecule has 3 aliphatic rings. The van der Waals surface area contributed by atoms with E-state index >= 15 is 0 Å². The summed E-state index contributed by atoms with van der Waals surface area (Å²) in [5.41, 5.74) is -0.674. The summed E-state index contributed by atoms with van der Waals surface area (Å²) in [5, 5.41) is 12.1. The second-order valence-corrected chi connectivity index (χ2v) is 8.99. The van der Waals surface area contributed by atoms with Crippen LogP contribution in [0.2, 0.25) is 0 Å². The predicted octanol–water partition coefficient (Wildman–Crippen LogP) is 0.731. The summed E-state index contributed by atoms with van der Waals surface area (Å²) >= 11 is 0. The van der Waals surface area contributed by atoms with Crippen LogP contribution in [-0.2, 0) is 14.3 Å². The molecule has 8 heteroatoms. The topological polar surface area (TPSA) is 99.2 Å². The van der Waals surface area contributed by atoms with Crippen LogP contribution in [0.15, 0.2) is 0 Å². The Balaban J connectivity index is 1.63. The summed E-state index contributed by atoms with van der Waals surface area (Å²) in [5.74, 6) is 0.479. The minimum Gasteiger partial charge on any atom is -0.444 e. The molecule has 0 radical (unpaired) electrons. The maximum atomic E-state index is 12.9. The lowest BCUT2D eigenvalue weighted by Gasteiger charge is -2.52. The van der Waals surface area contributed by atoms with Crippen LogP contribution in [0.5, 0.6) is 0 Å². The van der Waals surface area contributed by atoms with E-state index < -0.39 is 24.3 Å². The van der Waals surface area contributed by atoms with Crippen LogP contribution in [0, 0.1) is 11.8 Å². The van der Waals surface area contributed by atoms with Crippen molar-refractivity contribution in [2.24, 2.45) is 11.8 Å². The number of piperidine rings is 3. The fourth-order valence-corrected chi connectivity index (χ4v) is 4.65. The van der Waals surface area contributed by atoms with Gasteiger partial charge < -0.3 is 25.0 Å². The van der Waals surface area contributed by atoms with Crippen LogP contribution in [-0.4, -0.2) is 76.7 Å². The summed E-state index contributed by atoms with van der Waals surface area (Å²) in [6.45, 7) is 6.57. The Bertz CT molecular complexity index is 603. The minimum absolute atomic E-state index is 0.212. The van der Waals surface area contributed by atoms with Crippen molar-refractivity contribution < 1.29 is 24.2 Å². The fraction of sp³-hybridized carbons (Fsp3) is 0.842. The highest BCUT2D eigenvalue weighted by molar-refractivity contribution is 5.86. The number of carbonyl (C=O) groups excluding carboxylic acids is 3. The van der Waals surface area contributed by atoms with Gasteiger partial charge in [0.2, 0.25) is 11.8 Å². The normalized spacial score (nSPS) is 29.0. The fourth-order valence-electron chi connectivity index (χ4n) is 4.65. The first-order valence-corrected chi connectivity index (χ1v) is 9.86. The number of hydrogen-bond donors (Lipinski definition) is 2. The highest BCUT2D eigenvalue weighted by Crippen LogP contribution is 2.38. The van der Waals surface area contributed by atoms with E-state index in [2.05, 4.69) is 5.32 Å². The number of alkyl carbamates (subject to hydrolysis) is 1. The van der Waals surface area contributed by atoms with E-state index in [0.717, 1.165) is 19.3 Å². The van der Waals surface area contributed by atoms with Crippen LogP contribution >= 0.6 is 0 Å². The number of amides is 3. The maximum Gasteiger partial charge on any atom is 0.408 e. The molecule has 0 aromatic carbocycles. The van der Waals surface area contributed by atoms with Gasteiger partial charge in [0, 0.05) is 32.1 Å². The third kappa shape index (κ3) is 4.54. The second kappa shape index (κ2) is 7.66. The van der Waals surface area contributed by atoms with Crippen molar-refractivity contribution in [2.75, 3.05) is 26.2 Å². The van der Waals surface area contributed by atoms with Crippen LogP contribution in [0.1, 0.15) is 46.5 Å². The van der Waals surface area contributed by atoms with Crippen molar-refractivity contribution in [1.29, 1.82) is 0 Å². The van der Waals surface area contributed by atoms with Crippen molar-refractivity contribution in [3.8, 4) is 0 Å². The first-order valence-electron chi connectivity index (χ1n) is 9.86. The number of nitrogens with zero attached hydrogens (tertiary/aromatic N) is 2. The van der Waals surface area contributed by atoms with Crippen molar-refractivity contribution in [1.82, 2.24) is 15.1 Å². The van der Waals surface area contributed by atoms with Crippen molar-refractivity contribution in [2.45, 2.75) is 64.1 Å². The average Bonchev–Trinajstić information content (AvgIpc) is 2.58. The van der Waals surface area contributed by atoms with Crippen LogP contribution in [0.25, 0.3) is 0 Å². The molecule has 4 atom stereocenters. The van der Waals surface area contributed by atoms with E-state index in [-0.39, 0.29) is 29.7 Å². The monoisotopic (exact) mass is 381 g/mol. The molecular formula is C19H31N3O5. The number of rotatable bonds is 3. The smallest absolute Gasteiger partial charge is 0.408 e.